The Labute approximate surface area is 110 Å². The highest BCUT2D eigenvalue weighted by Crippen LogP contribution is 2.47. The SMILES string of the molecule is CN[C@]12CCCC[C@H]1CCc1ccccc12.Cl. The minimum Gasteiger partial charge on any atom is -0.310 e. The summed E-state index contributed by atoms with van der Waals surface area (Å²) in [6.45, 7) is 0. The molecule has 0 saturated heterocycles. The van der Waals surface area contributed by atoms with Gasteiger partial charge in [-0.2, -0.15) is 0 Å². The molecule has 1 fully saturated rings. The molecule has 2 heteroatoms. The van der Waals surface area contributed by atoms with Gasteiger partial charge in [-0.05, 0) is 49.8 Å². The molecule has 94 valence electrons. The summed E-state index contributed by atoms with van der Waals surface area (Å²) in [6.07, 6.45) is 8.20. The molecule has 17 heavy (non-hydrogen) atoms. The second-order valence-electron chi connectivity index (χ2n) is 5.36. The number of hydrogen-bond acceptors (Lipinski definition) is 1. The minimum absolute atomic E-state index is 0. The Morgan fingerprint density at radius 1 is 1.18 bits per heavy atom. The smallest absolute Gasteiger partial charge is 0.0463 e. The first-order valence-electron chi connectivity index (χ1n) is 6.64. The standard InChI is InChI=1S/C15H21N.ClH/c1-16-15-11-5-4-7-13(15)10-9-12-6-2-3-8-14(12)15;/h2-3,6,8,13,16H,4-5,7,9-11H2,1H3;1H/t13-,15+;/m0./s1. The van der Waals surface area contributed by atoms with Gasteiger partial charge in [-0.25, -0.2) is 0 Å². The highest BCUT2D eigenvalue weighted by molar-refractivity contribution is 5.85. The van der Waals surface area contributed by atoms with Crippen molar-refractivity contribution in [3.63, 3.8) is 0 Å². The Hall–Kier alpha value is -0.530. The number of nitrogens with one attached hydrogen (secondary N) is 1. The molecule has 0 heterocycles. The summed E-state index contributed by atoms with van der Waals surface area (Å²) < 4.78 is 0. The quantitative estimate of drug-likeness (QED) is 0.803. The lowest BCUT2D eigenvalue weighted by Gasteiger charge is -2.48. The molecule has 0 radical (unpaired) electrons. The van der Waals surface area contributed by atoms with Crippen molar-refractivity contribution < 1.29 is 0 Å². The van der Waals surface area contributed by atoms with Gasteiger partial charge in [0.15, 0.2) is 0 Å². The molecule has 0 aliphatic heterocycles. The maximum Gasteiger partial charge on any atom is 0.0463 e. The van der Waals surface area contributed by atoms with Crippen LogP contribution in [0, 0.1) is 5.92 Å². The number of benzene rings is 1. The number of fused-ring (bicyclic) bond motifs is 3. The van der Waals surface area contributed by atoms with Crippen molar-refractivity contribution in [2.24, 2.45) is 5.92 Å². The molecule has 1 N–H and O–H groups in total. The van der Waals surface area contributed by atoms with Gasteiger partial charge >= 0.3 is 0 Å². The van der Waals surface area contributed by atoms with Crippen molar-refractivity contribution in [3.8, 4) is 0 Å². The van der Waals surface area contributed by atoms with Gasteiger partial charge in [-0.15, -0.1) is 12.4 Å². The predicted molar refractivity (Wildman–Crippen MR) is 74.7 cm³/mol. The summed E-state index contributed by atoms with van der Waals surface area (Å²) in [6, 6.07) is 9.06. The summed E-state index contributed by atoms with van der Waals surface area (Å²) in [4.78, 5) is 0. The van der Waals surface area contributed by atoms with E-state index in [-0.39, 0.29) is 12.4 Å². The van der Waals surface area contributed by atoms with E-state index >= 15 is 0 Å². The van der Waals surface area contributed by atoms with Crippen LogP contribution in [0.2, 0.25) is 0 Å². The van der Waals surface area contributed by atoms with Crippen LogP contribution in [-0.4, -0.2) is 7.05 Å². The molecule has 2 aliphatic rings. The Morgan fingerprint density at radius 3 is 2.82 bits per heavy atom. The lowest BCUT2D eigenvalue weighted by Crippen LogP contribution is -2.51. The first-order chi connectivity index (χ1) is 7.87. The highest BCUT2D eigenvalue weighted by atomic mass is 35.5. The molecule has 0 unspecified atom stereocenters. The maximum atomic E-state index is 3.68. The number of hydrogen-bond donors (Lipinski definition) is 1. The van der Waals surface area contributed by atoms with E-state index in [4.69, 9.17) is 0 Å². The van der Waals surface area contributed by atoms with Gasteiger partial charge in [0.2, 0.25) is 0 Å². The van der Waals surface area contributed by atoms with E-state index < -0.39 is 0 Å². The van der Waals surface area contributed by atoms with Crippen molar-refractivity contribution in [2.45, 2.75) is 44.1 Å². The monoisotopic (exact) mass is 251 g/mol. The number of aryl methyl sites for hydroxylation is 1. The van der Waals surface area contributed by atoms with Crippen molar-refractivity contribution in [3.05, 3.63) is 35.4 Å². The number of halogens is 1. The molecular weight excluding hydrogens is 230 g/mol. The molecule has 0 aromatic heterocycles. The van der Waals surface area contributed by atoms with Crippen LogP contribution in [0.15, 0.2) is 24.3 Å². The van der Waals surface area contributed by atoms with Crippen LogP contribution in [0.3, 0.4) is 0 Å². The molecule has 0 amide bonds. The van der Waals surface area contributed by atoms with Crippen molar-refractivity contribution in [2.75, 3.05) is 7.05 Å². The first kappa shape index (κ1) is 12.9. The third kappa shape index (κ3) is 1.90. The zero-order valence-electron chi connectivity index (χ0n) is 10.5. The third-order valence-electron chi connectivity index (χ3n) is 4.78. The fourth-order valence-electron chi connectivity index (χ4n) is 3.96. The molecule has 2 atom stereocenters. The lowest BCUT2D eigenvalue weighted by atomic mass is 9.62. The molecule has 0 spiro atoms. The van der Waals surface area contributed by atoms with E-state index in [2.05, 4.69) is 36.6 Å². The van der Waals surface area contributed by atoms with Gasteiger partial charge in [0.25, 0.3) is 0 Å². The topological polar surface area (TPSA) is 12.0 Å². The molecule has 3 rings (SSSR count). The van der Waals surface area contributed by atoms with E-state index in [0.29, 0.717) is 5.54 Å². The zero-order chi connectivity index (χ0) is 11.0. The summed E-state index contributed by atoms with van der Waals surface area (Å²) in [7, 11) is 2.15. The summed E-state index contributed by atoms with van der Waals surface area (Å²) >= 11 is 0. The normalized spacial score (nSPS) is 31.0. The van der Waals surface area contributed by atoms with Gasteiger partial charge in [-0.1, -0.05) is 37.1 Å². The van der Waals surface area contributed by atoms with Crippen LogP contribution in [0.4, 0.5) is 0 Å². The van der Waals surface area contributed by atoms with E-state index in [1.54, 1.807) is 11.1 Å². The van der Waals surface area contributed by atoms with Gasteiger partial charge < -0.3 is 5.32 Å². The minimum atomic E-state index is 0. The highest BCUT2D eigenvalue weighted by Gasteiger charge is 2.43. The Bertz CT molecular complexity index is 390. The van der Waals surface area contributed by atoms with Crippen LogP contribution in [0.1, 0.15) is 43.2 Å². The molecule has 1 nitrogen and oxygen atoms in total. The lowest BCUT2D eigenvalue weighted by molar-refractivity contribution is 0.129. The van der Waals surface area contributed by atoms with Gasteiger partial charge in [0, 0.05) is 5.54 Å². The third-order valence-corrected chi connectivity index (χ3v) is 4.78. The number of rotatable bonds is 1. The molecule has 1 aromatic carbocycles. The Balaban J connectivity index is 0.00000108. The van der Waals surface area contributed by atoms with Gasteiger partial charge in [0.05, 0.1) is 0 Å². The van der Waals surface area contributed by atoms with Crippen LogP contribution < -0.4 is 5.32 Å². The average Bonchev–Trinajstić information content (AvgIpc) is 2.38. The molecule has 1 aromatic rings. The van der Waals surface area contributed by atoms with Crippen LogP contribution in [-0.2, 0) is 12.0 Å². The van der Waals surface area contributed by atoms with Crippen LogP contribution in [0.25, 0.3) is 0 Å². The van der Waals surface area contributed by atoms with Crippen molar-refractivity contribution in [1.29, 1.82) is 0 Å². The second kappa shape index (κ2) is 4.99. The molecule has 0 bridgehead atoms. The second-order valence-corrected chi connectivity index (χ2v) is 5.36. The van der Waals surface area contributed by atoms with E-state index in [0.717, 1.165) is 5.92 Å². The summed E-state index contributed by atoms with van der Waals surface area (Å²) in [5.74, 6) is 0.862. The summed E-state index contributed by atoms with van der Waals surface area (Å²) in [5.41, 5.74) is 3.47. The molecule has 2 aliphatic carbocycles. The fraction of sp³-hybridized carbons (Fsp3) is 0.600. The van der Waals surface area contributed by atoms with Crippen molar-refractivity contribution in [1.82, 2.24) is 5.32 Å². The summed E-state index contributed by atoms with van der Waals surface area (Å²) in [5, 5.41) is 3.68. The van der Waals surface area contributed by atoms with E-state index in [9.17, 15) is 0 Å². The fourth-order valence-corrected chi connectivity index (χ4v) is 3.96. The van der Waals surface area contributed by atoms with Gasteiger partial charge in [0.1, 0.15) is 0 Å². The Morgan fingerprint density at radius 2 is 2.00 bits per heavy atom. The van der Waals surface area contributed by atoms with E-state index in [1.807, 2.05) is 0 Å². The maximum absolute atomic E-state index is 3.68. The Kier molecular flexibility index (Phi) is 3.79. The van der Waals surface area contributed by atoms with Gasteiger partial charge in [-0.3, -0.25) is 0 Å². The largest absolute Gasteiger partial charge is 0.310 e. The molecular formula is C15H22ClN. The predicted octanol–water partition coefficient (Wildman–Crippen LogP) is 3.66. The van der Waals surface area contributed by atoms with Crippen molar-refractivity contribution >= 4 is 12.4 Å². The van der Waals surface area contributed by atoms with Crippen LogP contribution in [0.5, 0.6) is 0 Å². The van der Waals surface area contributed by atoms with Crippen LogP contribution >= 0.6 is 12.4 Å². The van der Waals surface area contributed by atoms with E-state index in [1.165, 1.54) is 38.5 Å². The molecule has 1 saturated carbocycles. The average molecular weight is 252 g/mol. The zero-order valence-corrected chi connectivity index (χ0v) is 11.4. The first-order valence-corrected chi connectivity index (χ1v) is 6.64.